The first-order valence-corrected chi connectivity index (χ1v) is 5.64. The van der Waals surface area contributed by atoms with Crippen LogP contribution in [0.5, 0.6) is 0 Å². The summed E-state index contributed by atoms with van der Waals surface area (Å²) in [5, 5.41) is 9.52. The zero-order chi connectivity index (χ0) is 13.5. The van der Waals surface area contributed by atoms with Gasteiger partial charge in [-0.2, -0.15) is 0 Å². The minimum atomic E-state index is -0.677. The van der Waals surface area contributed by atoms with Crippen LogP contribution in [0.1, 0.15) is 5.69 Å². The van der Waals surface area contributed by atoms with Crippen LogP contribution in [0.15, 0.2) is 18.3 Å². The van der Waals surface area contributed by atoms with Crippen LogP contribution in [0.3, 0.4) is 0 Å². The molecule has 6 heteroatoms. The van der Waals surface area contributed by atoms with E-state index in [4.69, 9.17) is 10.5 Å². The summed E-state index contributed by atoms with van der Waals surface area (Å²) in [6, 6.07) is 3.42. The number of likely N-dealkylation sites (N-methyl/N-ethyl adjacent to an activating group) is 1. The first kappa shape index (κ1) is 14.4. The summed E-state index contributed by atoms with van der Waals surface area (Å²) in [6.07, 6.45) is 1.03. The van der Waals surface area contributed by atoms with Crippen molar-refractivity contribution in [2.45, 2.75) is 12.5 Å². The van der Waals surface area contributed by atoms with Gasteiger partial charge in [0.05, 0.1) is 31.0 Å². The number of anilines is 1. The van der Waals surface area contributed by atoms with E-state index in [9.17, 15) is 9.90 Å². The quantitative estimate of drug-likeness (QED) is 0.725. The van der Waals surface area contributed by atoms with Gasteiger partial charge >= 0.3 is 0 Å². The number of hydrogen-bond donors (Lipinski definition) is 2. The van der Waals surface area contributed by atoms with E-state index in [1.165, 1.54) is 18.2 Å². The predicted octanol–water partition coefficient (Wildman–Crippen LogP) is -0.328. The van der Waals surface area contributed by atoms with Gasteiger partial charge in [0, 0.05) is 26.4 Å². The molecule has 0 bridgehead atoms. The third kappa shape index (κ3) is 4.68. The van der Waals surface area contributed by atoms with E-state index < -0.39 is 6.10 Å². The van der Waals surface area contributed by atoms with Crippen LogP contribution in [0.4, 0.5) is 5.69 Å². The van der Waals surface area contributed by atoms with Crippen molar-refractivity contribution in [3.63, 3.8) is 0 Å². The number of carbonyl (C=O) groups excluding carboxylic acids is 1. The van der Waals surface area contributed by atoms with Crippen molar-refractivity contribution in [3.8, 4) is 0 Å². The molecule has 0 fully saturated rings. The Kier molecular flexibility index (Phi) is 5.54. The first-order valence-electron chi connectivity index (χ1n) is 5.64. The number of ether oxygens (including phenoxy) is 1. The molecule has 1 aromatic rings. The van der Waals surface area contributed by atoms with Crippen LogP contribution in [-0.2, 0) is 16.0 Å². The topological polar surface area (TPSA) is 88.7 Å². The van der Waals surface area contributed by atoms with Gasteiger partial charge in [0.25, 0.3) is 0 Å². The number of rotatable bonds is 6. The Hall–Kier alpha value is -1.66. The van der Waals surface area contributed by atoms with Gasteiger partial charge in [0.1, 0.15) is 0 Å². The van der Waals surface area contributed by atoms with E-state index in [0.717, 1.165) is 0 Å². The highest BCUT2D eigenvalue weighted by atomic mass is 16.5. The SMILES string of the molecule is COCC(O)CN(C)C(=O)Cc1ccc(N)cn1. The maximum atomic E-state index is 11.8. The van der Waals surface area contributed by atoms with E-state index in [-0.39, 0.29) is 25.5 Å². The minimum Gasteiger partial charge on any atom is -0.397 e. The zero-order valence-electron chi connectivity index (χ0n) is 10.7. The van der Waals surface area contributed by atoms with Gasteiger partial charge < -0.3 is 20.5 Å². The number of nitrogens with zero attached hydrogens (tertiary/aromatic N) is 2. The number of aliphatic hydroxyl groups is 1. The van der Waals surface area contributed by atoms with Crippen LogP contribution in [0, 0.1) is 0 Å². The zero-order valence-corrected chi connectivity index (χ0v) is 10.7. The Labute approximate surface area is 106 Å². The monoisotopic (exact) mass is 253 g/mol. The molecule has 0 aliphatic rings. The number of aliphatic hydroxyl groups excluding tert-OH is 1. The maximum absolute atomic E-state index is 11.8. The smallest absolute Gasteiger partial charge is 0.228 e. The third-order valence-corrected chi connectivity index (χ3v) is 2.45. The first-order chi connectivity index (χ1) is 8.52. The molecule has 1 heterocycles. The van der Waals surface area contributed by atoms with E-state index in [1.807, 2.05) is 0 Å². The van der Waals surface area contributed by atoms with Crippen LogP contribution in [-0.4, -0.2) is 54.3 Å². The van der Waals surface area contributed by atoms with Crippen molar-refractivity contribution in [2.24, 2.45) is 0 Å². The normalized spacial score (nSPS) is 12.2. The number of pyridine rings is 1. The Morgan fingerprint density at radius 2 is 2.33 bits per heavy atom. The summed E-state index contributed by atoms with van der Waals surface area (Å²) in [5.41, 5.74) is 6.73. The van der Waals surface area contributed by atoms with Crippen LogP contribution in [0.25, 0.3) is 0 Å². The molecule has 0 spiro atoms. The Morgan fingerprint density at radius 1 is 1.61 bits per heavy atom. The molecule has 100 valence electrons. The molecular weight excluding hydrogens is 234 g/mol. The van der Waals surface area contributed by atoms with Crippen molar-refractivity contribution >= 4 is 11.6 Å². The molecule has 6 nitrogen and oxygen atoms in total. The second-order valence-electron chi connectivity index (χ2n) is 4.14. The molecule has 3 N–H and O–H groups in total. The summed E-state index contributed by atoms with van der Waals surface area (Å²) in [6.45, 7) is 0.444. The second kappa shape index (κ2) is 6.93. The maximum Gasteiger partial charge on any atom is 0.228 e. The van der Waals surface area contributed by atoms with E-state index in [2.05, 4.69) is 4.98 Å². The summed E-state index contributed by atoms with van der Waals surface area (Å²) in [7, 11) is 3.14. The fourth-order valence-electron chi connectivity index (χ4n) is 1.49. The Morgan fingerprint density at radius 3 is 2.89 bits per heavy atom. The number of aromatic nitrogens is 1. The van der Waals surface area contributed by atoms with E-state index in [0.29, 0.717) is 11.4 Å². The van der Waals surface area contributed by atoms with E-state index >= 15 is 0 Å². The molecule has 0 saturated heterocycles. The largest absolute Gasteiger partial charge is 0.397 e. The number of nitrogens with two attached hydrogens (primary N) is 1. The summed E-state index contributed by atoms with van der Waals surface area (Å²) in [4.78, 5) is 17.4. The molecular formula is C12H19N3O3. The number of methoxy groups -OCH3 is 1. The summed E-state index contributed by atoms with van der Waals surface area (Å²) in [5.74, 6) is -0.109. The molecule has 0 aliphatic heterocycles. The average molecular weight is 253 g/mol. The highest BCUT2D eigenvalue weighted by molar-refractivity contribution is 5.78. The Balaban J connectivity index is 2.46. The van der Waals surface area contributed by atoms with E-state index in [1.54, 1.807) is 19.2 Å². The molecule has 1 atom stereocenters. The standard InChI is InChI=1S/C12H19N3O3/c1-15(7-11(16)8-18-2)12(17)5-10-4-3-9(13)6-14-10/h3-4,6,11,16H,5,7-8,13H2,1-2H3. The molecule has 1 unspecified atom stereocenters. The predicted molar refractivity (Wildman–Crippen MR) is 67.9 cm³/mol. The lowest BCUT2D eigenvalue weighted by molar-refractivity contribution is -0.130. The van der Waals surface area contributed by atoms with Crippen molar-refractivity contribution in [1.82, 2.24) is 9.88 Å². The molecule has 1 rings (SSSR count). The van der Waals surface area contributed by atoms with Crippen molar-refractivity contribution in [1.29, 1.82) is 0 Å². The van der Waals surface area contributed by atoms with Gasteiger partial charge in [0.15, 0.2) is 0 Å². The molecule has 0 aliphatic carbocycles. The minimum absolute atomic E-state index is 0.109. The lowest BCUT2D eigenvalue weighted by atomic mass is 10.2. The summed E-state index contributed by atoms with van der Waals surface area (Å²) < 4.78 is 4.80. The van der Waals surface area contributed by atoms with Gasteiger partial charge in [-0.3, -0.25) is 9.78 Å². The highest BCUT2D eigenvalue weighted by Crippen LogP contribution is 2.03. The van der Waals surface area contributed by atoms with Gasteiger partial charge in [-0.1, -0.05) is 0 Å². The third-order valence-electron chi connectivity index (χ3n) is 2.45. The highest BCUT2D eigenvalue weighted by Gasteiger charge is 2.14. The lowest BCUT2D eigenvalue weighted by Gasteiger charge is -2.20. The number of hydrogen-bond acceptors (Lipinski definition) is 5. The van der Waals surface area contributed by atoms with Crippen LogP contribution < -0.4 is 5.73 Å². The molecule has 1 aromatic heterocycles. The fraction of sp³-hybridized carbons (Fsp3) is 0.500. The Bertz CT molecular complexity index is 381. The van der Waals surface area contributed by atoms with Gasteiger partial charge in [-0.05, 0) is 12.1 Å². The number of nitrogen functional groups attached to an aromatic ring is 1. The fourth-order valence-corrected chi connectivity index (χ4v) is 1.49. The molecule has 18 heavy (non-hydrogen) atoms. The number of carbonyl (C=O) groups is 1. The molecule has 0 saturated carbocycles. The summed E-state index contributed by atoms with van der Waals surface area (Å²) >= 11 is 0. The van der Waals surface area contributed by atoms with Crippen LogP contribution in [0.2, 0.25) is 0 Å². The second-order valence-corrected chi connectivity index (χ2v) is 4.14. The van der Waals surface area contributed by atoms with Crippen molar-refractivity contribution in [2.75, 3.05) is 33.0 Å². The van der Waals surface area contributed by atoms with Crippen LogP contribution >= 0.6 is 0 Å². The lowest BCUT2D eigenvalue weighted by Crippen LogP contribution is -2.37. The van der Waals surface area contributed by atoms with Gasteiger partial charge in [0.2, 0.25) is 5.91 Å². The number of amides is 1. The van der Waals surface area contributed by atoms with Gasteiger partial charge in [-0.15, -0.1) is 0 Å². The molecule has 0 radical (unpaired) electrons. The van der Waals surface area contributed by atoms with Gasteiger partial charge in [-0.25, -0.2) is 0 Å². The van der Waals surface area contributed by atoms with Crippen molar-refractivity contribution < 1.29 is 14.6 Å². The molecule has 0 aromatic carbocycles. The van der Waals surface area contributed by atoms with Crippen molar-refractivity contribution in [3.05, 3.63) is 24.0 Å². The average Bonchev–Trinajstić information content (AvgIpc) is 2.32. The molecule has 1 amide bonds.